The second kappa shape index (κ2) is 10.0. The normalized spacial score (nSPS) is 13.2. The maximum absolute atomic E-state index is 8.90. The zero-order valence-corrected chi connectivity index (χ0v) is 9.09. The molecular formula is C11H24O2. The van der Waals surface area contributed by atoms with Gasteiger partial charge in [-0.25, -0.2) is 0 Å². The van der Waals surface area contributed by atoms with Gasteiger partial charge in [0.05, 0.1) is 12.7 Å². The Kier molecular flexibility index (Phi) is 9.94. The lowest BCUT2D eigenvalue weighted by Gasteiger charge is -2.05. The second-order valence-corrected chi connectivity index (χ2v) is 3.69. The van der Waals surface area contributed by atoms with E-state index in [4.69, 9.17) is 9.84 Å². The van der Waals surface area contributed by atoms with Gasteiger partial charge in [-0.15, -0.1) is 0 Å². The zero-order chi connectivity index (χ0) is 9.94. The van der Waals surface area contributed by atoms with Crippen LogP contribution in [0.4, 0.5) is 0 Å². The lowest BCUT2D eigenvalue weighted by Crippen LogP contribution is -2.10. The molecule has 0 unspecified atom stereocenters. The van der Waals surface area contributed by atoms with Crippen molar-refractivity contribution in [2.24, 2.45) is 0 Å². The third kappa shape index (κ3) is 11.9. The summed E-state index contributed by atoms with van der Waals surface area (Å²) < 4.78 is 5.25. The molecule has 0 saturated heterocycles. The van der Waals surface area contributed by atoms with Crippen molar-refractivity contribution in [3.63, 3.8) is 0 Å². The maximum Gasteiger partial charge on any atom is 0.0745 e. The molecule has 0 aliphatic carbocycles. The Labute approximate surface area is 82.3 Å². The van der Waals surface area contributed by atoms with Crippen LogP contribution in [0.25, 0.3) is 0 Å². The van der Waals surface area contributed by atoms with E-state index in [0.29, 0.717) is 6.61 Å². The average molecular weight is 188 g/mol. The van der Waals surface area contributed by atoms with E-state index in [0.717, 1.165) is 13.0 Å². The molecule has 0 aliphatic heterocycles. The molecule has 2 nitrogen and oxygen atoms in total. The van der Waals surface area contributed by atoms with Crippen molar-refractivity contribution < 1.29 is 9.84 Å². The summed E-state index contributed by atoms with van der Waals surface area (Å²) in [5.41, 5.74) is 0. The highest BCUT2D eigenvalue weighted by Crippen LogP contribution is 2.04. The summed E-state index contributed by atoms with van der Waals surface area (Å²) in [4.78, 5) is 0. The number of aliphatic hydroxyl groups is 1. The number of unbranched alkanes of at least 4 members (excludes halogenated alkanes) is 5. The average Bonchev–Trinajstić information content (AvgIpc) is 2.09. The molecule has 1 N–H and O–H groups in total. The molecule has 2 heteroatoms. The molecule has 0 fully saturated rings. The molecule has 0 amide bonds. The monoisotopic (exact) mass is 188 g/mol. The van der Waals surface area contributed by atoms with E-state index in [1.807, 2.05) is 0 Å². The van der Waals surface area contributed by atoms with Crippen LogP contribution in [0, 0.1) is 0 Å². The molecule has 0 aromatic rings. The minimum Gasteiger partial charge on any atom is -0.391 e. The van der Waals surface area contributed by atoms with Crippen LogP contribution in [-0.4, -0.2) is 24.4 Å². The number of ether oxygens (including phenoxy) is 1. The lowest BCUT2D eigenvalue weighted by molar-refractivity contribution is 0.0445. The predicted octanol–water partition coefficient (Wildman–Crippen LogP) is 2.74. The van der Waals surface area contributed by atoms with Gasteiger partial charge >= 0.3 is 0 Å². The molecule has 1 atom stereocenters. The van der Waals surface area contributed by atoms with Gasteiger partial charge in [0.2, 0.25) is 0 Å². The molecular weight excluding hydrogens is 164 g/mol. The van der Waals surface area contributed by atoms with E-state index in [1.165, 1.54) is 32.1 Å². The fourth-order valence-corrected chi connectivity index (χ4v) is 1.24. The fraction of sp³-hybridized carbons (Fsp3) is 1.00. The Bertz CT molecular complexity index is 92.1. The van der Waals surface area contributed by atoms with Crippen molar-refractivity contribution >= 4 is 0 Å². The molecule has 0 aromatic carbocycles. The standard InChI is InChI=1S/C11H24O2/c1-3-4-5-6-7-8-9-13-10-11(2)12/h11-12H,3-10H2,1-2H3/t11-/m1/s1. The smallest absolute Gasteiger partial charge is 0.0745 e. The summed E-state index contributed by atoms with van der Waals surface area (Å²) in [7, 11) is 0. The molecule has 0 bridgehead atoms. The van der Waals surface area contributed by atoms with Crippen LogP contribution in [0.15, 0.2) is 0 Å². The van der Waals surface area contributed by atoms with Crippen LogP contribution < -0.4 is 0 Å². The van der Waals surface area contributed by atoms with Gasteiger partial charge in [0.15, 0.2) is 0 Å². The fourth-order valence-electron chi connectivity index (χ4n) is 1.24. The van der Waals surface area contributed by atoms with Crippen molar-refractivity contribution in [2.75, 3.05) is 13.2 Å². The van der Waals surface area contributed by atoms with E-state index < -0.39 is 0 Å². The van der Waals surface area contributed by atoms with Gasteiger partial charge in [-0.1, -0.05) is 39.0 Å². The first-order valence-corrected chi connectivity index (χ1v) is 5.53. The highest BCUT2D eigenvalue weighted by molar-refractivity contribution is 4.45. The van der Waals surface area contributed by atoms with E-state index in [2.05, 4.69) is 6.92 Å². The van der Waals surface area contributed by atoms with Gasteiger partial charge in [-0.05, 0) is 13.3 Å². The molecule has 80 valence electrons. The number of hydrogen-bond acceptors (Lipinski definition) is 2. The van der Waals surface area contributed by atoms with Gasteiger partial charge < -0.3 is 9.84 Å². The zero-order valence-electron chi connectivity index (χ0n) is 9.09. The Morgan fingerprint density at radius 2 is 1.69 bits per heavy atom. The van der Waals surface area contributed by atoms with Crippen LogP contribution in [0.2, 0.25) is 0 Å². The molecule has 0 radical (unpaired) electrons. The SMILES string of the molecule is CCCCCCCCOC[C@@H](C)O. The quantitative estimate of drug-likeness (QED) is 0.564. The Morgan fingerprint density at radius 3 is 2.31 bits per heavy atom. The third-order valence-corrected chi connectivity index (χ3v) is 2.00. The summed E-state index contributed by atoms with van der Waals surface area (Å²) in [5, 5.41) is 8.90. The molecule has 13 heavy (non-hydrogen) atoms. The Hall–Kier alpha value is -0.0800. The number of rotatable bonds is 9. The van der Waals surface area contributed by atoms with Gasteiger partial charge in [-0.2, -0.15) is 0 Å². The Morgan fingerprint density at radius 1 is 1.08 bits per heavy atom. The summed E-state index contributed by atoms with van der Waals surface area (Å²) in [6.07, 6.45) is 7.42. The van der Waals surface area contributed by atoms with Crippen LogP contribution in [0.5, 0.6) is 0 Å². The predicted molar refractivity (Wildman–Crippen MR) is 55.9 cm³/mol. The topological polar surface area (TPSA) is 29.5 Å². The van der Waals surface area contributed by atoms with Crippen LogP contribution >= 0.6 is 0 Å². The molecule has 0 spiro atoms. The van der Waals surface area contributed by atoms with E-state index in [-0.39, 0.29) is 6.10 Å². The molecule has 0 saturated carbocycles. The molecule has 0 heterocycles. The maximum atomic E-state index is 8.90. The second-order valence-electron chi connectivity index (χ2n) is 3.69. The summed E-state index contributed by atoms with van der Waals surface area (Å²) in [6, 6.07) is 0. The van der Waals surface area contributed by atoms with Crippen molar-refractivity contribution in [3.8, 4) is 0 Å². The highest BCUT2D eigenvalue weighted by atomic mass is 16.5. The molecule has 0 aliphatic rings. The number of aliphatic hydroxyl groups excluding tert-OH is 1. The summed E-state index contributed by atoms with van der Waals surface area (Å²) >= 11 is 0. The first kappa shape index (κ1) is 12.9. The van der Waals surface area contributed by atoms with Gasteiger partial charge in [0, 0.05) is 6.61 Å². The van der Waals surface area contributed by atoms with Crippen LogP contribution in [0.1, 0.15) is 52.4 Å². The van der Waals surface area contributed by atoms with Crippen molar-refractivity contribution in [1.29, 1.82) is 0 Å². The van der Waals surface area contributed by atoms with Crippen molar-refractivity contribution in [3.05, 3.63) is 0 Å². The third-order valence-electron chi connectivity index (χ3n) is 2.00. The number of hydrogen-bond donors (Lipinski definition) is 1. The highest BCUT2D eigenvalue weighted by Gasteiger charge is 1.94. The van der Waals surface area contributed by atoms with Gasteiger partial charge in [0.25, 0.3) is 0 Å². The lowest BCUT2D eigenvalue weighted by atomic mass is 10.1. The van der Waals surface area contributed by atoms with Gasteiger partial charge in [0.1, 0.15) is 0 Å². The minimum absolute atomic E-state index is 0.319. The van der Waals surface area contributed by atoms with E-state index in [1.54, 1.807) is 6.92 Å². The summed E-state index contributed by atoms with van der Waals surface area (Å²) in [6.45, 7) is 5.26. The van der Waals surface area contributed by atoms with Gasteiger partial charge in [-0.3, -0.25) is 0 Å². The van der Waals surface area contributed by atoms with Crippen LogP contribution in [-0.2, 0) is 4.74 Å². The van der Waals surface area contributed by atoms with Crippen molar-refractivity contribution in [2.45, 2.75) is 58.5 Å². The minimum atomic E-state index is -0.319. The largest absolute Gasteiger partial charge is 0.391 e. The summed E-state index contributed by atoms with van der Waals surface area (Å²) in [5.74, 6) is 0. The van der Waals surface area contributed by atoms with Crippen molar-refractivity contribution in [1.82, 2.24) is 0 Å². The molecule has 0 aromatic heterocycles. The molecule has 0 rings (SSSR count). The van der Waals surface area contributed by atoms with E-state index >= 15 is 0 Å². The van der Waals surface area contributed by atoms with Crippen LogP contribution in [0.3, 0.4) is 0 Å². The first-order valence-electron chi connectivity index (χ1n) is 5.53. The van der Waals surface area contributed by atoms with E-state index in [9.17, 15) is 0 Å². The Balaban J connectivity index is 2.84. The first-order chi connectivity index (χ1) is 6.27.